The van der Waals surface area contributed by atoms with Gasteiger partial charge < -0.3 is 5.32 Å². The van der Waals surface area contributed by atoms with Gasteiger partial charge in [-0.05, 0) is 13.8 Å². The Balaban J connectivity index is 2.64. The highest BCUT2D eigenvalue weighted by molar-refractivity contribution is 5.78. The predicted molar refractivity (Wildman–Crippen MR) is 44.3 cm³/mol. The number of nitrogens with one attached hydrogen (secondary N) is 1. The van der Waals surface area contributed by atoms with E-state index in [1.807, 2.05) is 18.7 Å². The van der Waals surface area contributed by atoms with Crippen LogP contribution in [0.4, 0.5) is 0 Å². The number of nitrogens with zero attached hydrogens (tertiary/aromatic N) is 2. The zero-order valence-electron chi connectivity index (χ0n) is 7.42. The standard InChI is InChI=1S/C8H13N3O/c1-8(2,6-9)11-4-3-10-7(12)5-11/h3-5H2,1-2H3,(H,10,12). The fourth-order valence-electron chi connectivity index (χ4n) is 1.19. The molecule has 4 heteroatoms. The Hall–Kier alpha value is -1.08. The lowest BCUT2D eigenvalue weighted by Crippen LogP contribution is -2.55. The van der Waals surface area contributed by atoms with E-state index in [1.165, 1.54) is 0 Å². The molecule has 1 aliphatic heterocycles. The van der Waals surface area contributed by atoms with Gasteiger partial charge in [-0.1, -0.05) is 0 Å². The van der Waals surface area contributed by atoms with E-state index in [-0.39, 0.29) is 5.91 Å². The number of nitriles is 1. The lowest BCUT2D eigenvalue weighted by Gasteiger charge is -2.35. The van der Waals surface area contributed by atoms with Crippen molar-refractivity contribution < 1.29 is 4.79 Å². The molecule has 66 valence electrons. The Morgan fingerprint density at radius 3 is 2.83 bits per heavy atom. The zero-order valence-corrected chi connectivity index (χ0v) is 7.42. The van der Waals surface area contributed by atoms with Crippen molar-refractivity contribution in [1.82, 2.24) is 10.2 Å². The Bertz CT molecular complexity index is 229. The van der Waals surface area contributed by atoms with Gasteiger partial charge in [-0.3, -0.25) is 9.69 Å². The van der Waals surface area contributed by atoms with Crippen molar-refractivity contribution in [3.05, 3.63) is 0 Å². The number of carbonyl (C=O) groups is 1. The van der Waals surface area contributed by atoms with Crippen molar-refractivity contribution in [2.45, 2.75) is 19.4 Å². The Morgan fingerprint density at radius 1 is 1.67 bits per heavy atom. The zero-order chi connectivity index (χ0) is 9.19. The summed E-state index contributed by atoms with van der Waals surface area (Å²) in [5.41, 5.74) is -0.530. The number of hydrogen-bond acceptors (Lipinski definition) is 3. The molecule has 1 N–H and O–H groups in total. The molecule has 1 heterocycles. The van der Waals surface area contributed by atoms with Crippen molar-refractivity contribution in [3.63, 3.8) is 0 Å². The van der Waals surface area contributed by atoms with Crippen molar-refractivity contribution >= 4 is 5.91 Å². The molecule has 1 aliphatic rings. The molecule has 1 amide bonds. The summed E-state index contributed by atoms with van der Waals surface area (Å²) in [6.45, 7) is 5.38. The minimum absolute atomic E-state index is 0.00424. The van der Waals surface area contributed by atoms with Crippen molar-refractivity contribution in [2.75, 3.05) is 19.6 Å². The van der Waals surface area contributed by atoms with E-state index >= 15 is 0 Å². The molecular formula is C8H13N3O. The van der Waals surface area contributed by atoms with Crippen LogP contribution in [0.1, 0.15) is 13.8 Å². The van der Waals surface area contributed by atoms with Crippen LogP contribution >= 0.6 is 0 Å². The average molecular weight is 167 g/mol. The first-order valence-corrected chi connectivity index (χ1v) is 3.99. The number of carbonyl (C=O) groups excluding carboxylic acids is 1. The van der Waals surface area contributed by atoms with Crippen LogP contribution in [0.15, 0.2) is 0 Å². The normalized spacial score (nSPS) is 19.9. The summed E-state index contributed by atoms with van der Waals surface area (Å²) in [7, 11) is 0. The van der Waals surface area contributed by atoms with E-state index in [4.69, 9.17) is 5.26 Å². The Labute approximate surface area is 72.2 Å². The van der Waals surface area contributed by atoms with Gasteiger partial charge in [0.1, 0.15) is 5.54 Å². The summed E-state index contributed by atoms with van der Waals surface area (Å²) in [4.78, 5) is 12.9. The summed E-state index contributed by atoms with van der Waals surface area (Å²) in [6, 6.07) is 2.18. The van der Waals surface area contributed by atoms with Crippen LogP contribution in [-0.4, -0.2) is 36.0 Å². The molecule has 1 rings (SSSR count). The van der Waals surface area contributed by atoms with Crippen LogP contribution < -0.4 is 5.32 Å². The van der Waals surface area contributed by atoms with Crippen LogP contribution in [0.5, 0.6) is 0 Å². The smallest absolute Gasteiger partial charge is 0.234 e. The topological polar surface area (TPSA) is 56.1 Å². The minimum atomic E-state index is -0.530. The molecule has 12 heavy (non-hydrogen) atoms. The number of rotatable bonds is 1. The molecule has 0 aromatic rings. The number of hydrogen-bond donors (Lipinski definition) is 1. The lowest BCUT2D eigenvalue weighted by molar-refractivity contribution is -0.125. The van der Waals surface area contributed by atoms with E-state index in [9.17, 15) is 4.79 Å². The maximum atomic E-state index is 11.0. The first-order chi connectivity index (χ1) is 5.56. The lowest BCUT2D eigenvalue weighted by atomic mass is 10.0. The molecule has 0 aromatic carbocycles. The number of amides is 1. The Morgan fingerprint density at radius 2 is 2.33 bits per heavy atom. The van der Waals surface area contributed by atoms with Gasteiger partial charge in [0.15, 0.2) is 0 Å². The molecule has 0 aliphatic carbocycles. The molecular weight excluding hydrogens is 154 g/mol. The van der Waals surface area contributed by atoms with E-state index in [0.717, 1.165) is 6.54 Å². The van der Waals surface area contributed by atoms with Gasteiger partial charge in [0.05, 0.1) is 12.6 Å². The van der Waals surface area contributed by atoms with Crippen LogP contribution in [0.25, 0.3) is 0 Å². The summed E-state index contributed by atoms with van der Waals surface area (Å²) < 4.78 is 0. The summed E-state index contributed by atoms with van der Waals surface area (Å²) in [6.07, 6.45) is 0. The van der Waals surface area contributed by atoms with E-state index in [2.05, 4.69) is 11.4 Å². The third-order valence-corrected chi connectivity index (χ3v) is 2.10. The molecule has 1 fully saturated rings. The first-order valence-electron chi connectivity index (χ1n) is 3.99. The van der Waals surface area contributed by atoms with Gasteiger partial charge in [0, 0.05) is 13.1 Å². The highest BCUT2D eigenvalue weighted by atomic mass is 16.2. The van der Waals surface area contributed by atoms with Crippen molar-refractivity contribution in [3.8, 4) is 6.07 Å². The van der Waals surface area contributed by atoms with Crippen LogP contribution in [-0.2, 0) is 4.79 Å². The molecule has 0 radical (unpaired) electrons. The highest BCUT2D eigenvalue weighted by Gasteiger charge is 2.30. The second-order valence-corrected chi connectivity index (χ2v) is 3.44. The van der Waals surface area contributed by atoms with Gasteiger partial charge in [0.2, 0.25) is 5.91 Å². The predicted octanol–water partition coefficient (Wildman–Crippen LogP) is -0.280. The monoisotopic (exact) mass is 167 g/mol. The van der Waals surface area contributed by atoms with E-state index in [0.29, 0.717) is 13.1 Å². The minimum Gasteiger partial charge on any atom is -0.354 e. The maximum Gasteiger partial charge on any atom is 0.234 e. The fourth-order valence-corrected chi connectivity index (χ4v) is 1.19. The molecule has 0 atom stereocenters. The molecule has 0 bridgehead atoms. The molecule has 1 saturated heterocycles. The molecule has 4 nitrogen and oxygen atoms in total. The Kier molecular flexibility index (Phi) is 2.34. The van der Waals surface area contributed by atoms with Crippen LogP contribution in [0, 0.1) is 11.3 Å². The summed E-state index contributed by atoms with van der Waals surface area (Å²) >= 11 is 0. The van der Waals surface area contributed by atoms with Crippen LogP contribution in [0.3, 0.4) is 0 Å². The number of piperazine rings is 1. The second-order valence-electron chi connectivity index (χ2n) is 3.44. The third-order valence-electron chi connectivity index (χ3n) is 2.10. The second kappa shape index (κ2) is 3.11. The molecule has 0 spiro atoms. The van der Waals surface area contributed by atoms with Crippen LogP contribution in [0.2, 0.25) is 0 Å². The van der Waals surface area contributed by atoms with Crippen molar-refractivity contribution in [1.29, 1.82) is 5.26 Å². The fraction of sp³-hybridized carbons (Fsp3) is 0.750. The van der Waals surface area contributed by atoms with Gasteiger partial charge in [-0.25, -0.2) is 0 Å². The van der Waals surface area contributed by atoms with E-state index in [1.54, 1.807) is 0 Å². The van der Waals surface area contributed by atoms with Gasteiger partial charge in [-0.2, -0.15) is 5.26 Å². The average Bonchev–Trinajstić information content (AvgIpc) is 2.05. The van der Waals surface area contributed by atoms with Crippen molar-refractivity contribution in [2.24, 2.45) is 0 Å². The summed E-state index contributed by atoms with van der Waals surface area (Å²) in [5.74, 6) is 0.00424. The van der Waals surface area contributed by atoms with Gasteiger partial charge in [-0.15, -0.1) is 0 Å². The molecule has 0 aromatic heterocycles. The van der Waals surface area contributed by atoms with E-state index < -0.39 is 5.54 Å². The molecule has 0 saturated carbocycles. The molecule has 0 unspecified atom stereocenters. The maximum absolute atomic E-state index is 11.0. The SMILES string of the molecule is CC(C)(C#N)N1CCNC(=O)C1. The highest BCUT2D eigenvalue weighted by Crippen LogP contribution is 2.13. The van der Waals surface area contributed by atoms with Gasteiger partial charge in [0.25, 0.3) is 0 Å². The van der Waals surface area contributed by atoms with Gasteiger partial charge >= 0.3 is 0 Å². The first kappa shape index (κ1) is 9.01. The quantitative estimate of drug-likeness (QED) is 0.584. The summed E-state index contributed by atoms with van der Waals surface area (Å²) in [5, 5.41) is 11.5. The third kappa shape index (κ3) is 1.74. The largest absolute Gasteiger partial charge is 0.354 e.